The van der Waals surface area contributed by atoms with Gasteiger partial charge in [0.2, 0.25) is 15.9 Å². The number of nitrogens with zero attached hydrogens (tertiary/aromatic N) is 2. The molecule has 0 aromatic heterocycles. The minimum absolute atomic E-state index is 0.00791. The smallest absolute Gasteiger partial charge is 0.308 e. The highest BCUT2D eigenvalue weighted by molar-refractivity contribution is 7.89. The van der Waals surface area contributed by atoms with E-state index >= 15 is 0 Å². The summed E-state index contributed by atoms with van der Waals surface area (Å²) < 4.78 is 33.8. The molecule has 10 nitrogen and oxygen atoms in total. The summed E-state index contributed by atoms with van der Waals surface area (Å²) in [5.41, 5.74) is 2.41. The maximum Gasteiger partial charge on any atom is 0.308 e. The molecule has 1 atom stereocenters. The monoisotopic (exact) mass is 580 g/mol. The van der Waals surface area contributed by atoms with E-state index in [0.717, 1.165) is 5.56 Å². The van der Waals surface area contributed by atoms with Gasteiger partial charge in [0.1, 0.15) is 6.07 Å². The number of ether oxygens (including phenoxy) is 1. The number of rotatable bonds is 8. The highest BCUT2D eigenvalue weighted by Gasteiger charge is 2.38. The van der Waals surface area contributed by atoms with E-state index in [1.54, 1.807) is 12.1 Å². The number of hydrogen-bond donors (Lipinski definition) is 2. The Kier molecular flexibility index (Phi) is 8.84. The van der Waals surface area contributed by atoms with E-state index in [4.69, 9.17) is 16.3 Å². The summed E-state index contributed by atoms with van der Waals surface area (Å²) in [7, 11) is -4.04. The van der Waals surface area contributed by atoms with E-state index in [-0.39, 0.29) is 35.0 Å². The number of halogens is 1. The van der Waals surface area contributed by atoms with Crippen molar-refractivity contribution in [2.24, 2.45) is 0 Å². The number of hydrogen-bond acceptors (Lipinski definition) is 7. The summed E-state index contributed by atoms with van der Waals surface area (Å²) in [6.45, 7) is 0.850. The predicted molar refractivity (Wildman–Crippen MR) is 148 cm³/mol. The molecule has 0 radical (unpaired) electrons. The maximum absolute atomic E-state index is 13.7. The van der Waals surface area contributed by atoms with Gasteiger partial charge >= 0.3 is 5.97 Å². The molecular weight excluding hydrogens is 556 g/mol. The molecule has 0 bridgehead atoms. The number of carbonyl (C=O) groups excluding carboxylic acids is 3. The number of esters is 1. The summed E-state index contributed by atoms with van der Waals surface area (Å²) in [6.07, 6.45) is 0.127. The molecule has 40 heavy (non-hydrogen) atoms. The van der Waals surface area contributed by atoms with Gasteiger partial charge in [-0.1, -0.05) is 35.9 Å². The van der Waals surface area contributed by atoms with Gasteiger partial charge in [-0.15, -0.1) is 0 Å². The van der Waals surface area contributed by atoms with E-state index in [0.29, 0.717) is 22.7 Å². The number of fused-ring (bicyclic) bond motifs is 1. The highest BCUT2D eigenvalue weighted by Crippen LogP contribution is 2.36. The highest BCUT2D eigenvalue weighted by atomic mass is 35.5. The first kappa shape index (κ1) is 28.8. The number of carbonyl (C=O) groups is 3. The molecule has 3 aromatic rings. The van der Waals surface area contributed by atoms with Crippen molar-refractivity contribution in [1.29, 1.82) is 5.26 Å². The molecule has 3 aromatic carbocycles. The van der Waals surface area contributed by atoms with E-state index < -0.39 is 34.5 Å². The molecule has 1 unspecified atom stereocenters. The molecule has 0 aliphatic carbocycles. The van der Waals surface area contributed by atoms with Crippen molar-refractivity contribution in [2.45, 2.75) is 30.7 Å². The first-order chi connectivity index (χ1) is 19.1. The van der Waals surface area contributed by atoms with Crippen LogP contribution in [0.15, 0.2) is 71.6 Å². The third kappa shape index (κ3) is 6.66. The summed E-state index contributed by atoms with van der Waals surface area (Å²) in [6, 6.07) is 18.5. The third-order valence-corrected chi connectivity index (χ3v) is 8.40. The Morgan fingerprint density at radius 1 is 1.07 bits per heavy atom. The van der Waals surface area contributed by atoms with Gasteiger partial charge in [0.05, 0.1) is 28.6 Å². The molecule has 12 heteroatoms. The maximum atomic E-state index is 13.7. The lowest BCUT2D eigenvalue weighted by Crippen LogP contribution is -2.41. The molecule has 1 aliphatic rings. The first-order valence-corrected chi connectivity index (χ1v) is 14.0. The minimum Gasteiger partial charge on any atom is -0.456 e. The Morgan fingerprint density at radius 2 is 1.80 bits per heavy atom. The van der Waals surface area contributed by atoms with Gasteiger partial charge in [-0.25, -0.2) is 8.42 Å². The zero-order valence-electron chi connectivity index (χ0n) is 21.4. The summed E-state index contributed by atoms with van der Waals surface area (Å²) in [4.78, 5) is 36.6. The van der Waals surface area contributed by atoms with Crippen molar-refractivity contribution in [3.05, 3.63) is 88.4 Å². The van der Waals surface area contributed by atoms with Crippen LogP contribution in [0.5, 0.6) is 0 Å². The van der Waals surface area contributed by atoms with Crippen LogP contribution in [0, 0.1) is 11.3 Å². The Morgan fingerprint density at radius 3 is 2.50 bits per heavy atom. The molecule has 206 valence electrons. The van der Waals surface area contributed by atoms with Crippen LogP contribution in [0.25, 0.3) is 0 Å². The quantitative estimate of drug-likeness (QED) is 0.382. The Balaban J connectivity index is 1.50. The number of sulfonamides is 1. The molecule has 0 fully saturated rings. The van der Waals surface area contributed by atoms with E-state index in [1.807, 2.05) is 18.2 Å². The number of benzene rings is 3. The fourth-order valence-electron chi connectivity index (χ4n) is 4.44. The van der Waals surface area contributed by atoms with Crippen molar-refractivity contribution >= 4 is 50.8 Å². The Bertz CT molecular complexity index is 1600. The van der Waals surface area contributed by atoms with Crippen molar-refractivity contribution < 1.29 is 27.5 Å². The average Bonchev–Trinajstić information content (AvgIpc) is 2.92. The number of amides is 2. The van der Waals surface area contributed by atoms with Gasteiger partial charge in [-0.3, -0.25) is 14.4 Å². The summed E-state index contributed by atoms with van der Waals surface area (Å²) >= 11 is 5.94. The zero-order valence-corrected chi connectivity index (χ0v) is 23.0. The molecule has 4 rings (SSSR count). The van der Waals surface area contributed by atoms with Crippen molar-refractivity contribution in [2.75, 3.05) is 23.8 Å². The van der Waals surface area contributed by atoms with Crippen LogP contribution in [0.1, 0.15) is 36.1 Å². The molecule has 1 heterocycles. The second-order valence-corrected chi connectivity index (χ2v) is 11.3. The second-order valence-electron chi connectivity index (χ2n) is 9.00. The lowest BCUT2D eigenvalue weighted by Gasteiger charge is -2.36. The van der Waals surface area contributed by atoms with Crippen molar-refractivity contribution in [3.8, 4) is 6.07 Å². The van der Waals surface area contributed by atoms with Gasteiger partial charge in [0.25, 0.3) is 5.91 Å². The number of anilines is 2. The van der Waals surface area contributed by atoms with E-state index in [2.05, 4.69) is 10.6 Å². The fraction of sp³-hybridized carbons (Fsp3) is 0.214. The van der Waals surface area contributed by atoms with Crippen LogP contribution in [-0.2, 0) is 35.6 Å². The van der Waals surface area contributed by atoms with Crippen LogP contribution in [0.3, 0.4) is 0 Å². The third-order valence-electron chi connectivity index (χ3n) is 6.24. The molecule has 0 saturated carbocycles. The van der Waals surface area contributed by atoms with E-state index in [9.17, 15) is 28.1 Å². The zero-order chi connectivity index (χ0) is 28.9. The lowest BCUT2D eigenvalue weighted by molar-refractivity contribution is -0.148. The molecule has 2 N–H and O–H groups in total. The number of nitriles is 1. The van der Waals surface area contributed by atoms with Crippen LogP contribution in [0.2, 0.25) is 5.02 Å². The normalized spacial score (nSPS) is 14.9. The Labute approximate surface area is 236 Å². The standard InChI is InChI=1S/C28H25ClN4O6S/c1-18(34)31-22-8-10-23(11-9-22)40(37,38)33-13-12-19-4-2-3-5-24(19)26(33)15-28(36)39-17-27(35)32-25-14-21(29)7-6-20(25)16-30/h2-11,14,26H,12-13,15,17H2,1H3,(H,31,34)(H,32,35). The van der Waals surface area contributed by atoms with Crippen LogP contribution >= 0.6 is 11.6 Å². The lowest BCUT2D eigenvalue weighted by atomic mass is 9.92. The predicted octanol–water partition coefficient (Wildman–Crippen LogP) is 4.03. The summed E-state index contributed by atoms with van der Waals surface area (Å²) in [5, 5.41) is 14.6. The van der Waals surface area contributed by atoms with Crippen LogP contribution in [-0.4, -0.2) is 43.7 Å². The molecule has 2 amide bonds. The average molecular weight is 581 g/mol. The fourth-order valence-corrected chi connectivity index (χ4v) is 6.22. The van der Waals surface area contributed by atoms with Crippen molar-refractivity contribution in [1.82, 2.24) is 4.31 Å². The first-order valence-electron chi connectivity index (χ1n) is 12.2. The van der Waals surface area contributed by atoms with Gasteiger partial charge in [0.15, 0.2) is 6.61 Å². The molecular formula is C28H25ClN4O6S. The number of nitrogens with one attached hydrogen (secondary N) is 2. The van der Waals surface area contributed by atoms with Gasteiger partial charge in [-0.2, -0.15) is 9.57 Å². The summed E-state index contributed by atoms with van der Waals surface area (Å²) in [5.74, 6) is -1.74. The van der Waals surface area contributed by atoms with Crippen LogP contribution < -0.4 is 10.6 Å². The topological polar surface area (TPSA) is 146 Å². The van der Waals surface area contributed by atoms with Gasteiger partial charge in [-0.05, 0) is 60.0 Å². The SMILES string of the molecule is CC(=O)Nc1ccc(S(=O)(=O)N2CCc3ccccc3C2CC(=O)OCC(=O)Nc2cc(Cl)ccc2C#N)cc1. The van der Waals surface area contributed by atoms with Gasteiger partial charge < -0.3 is 15.4 Å². The van der Waals surface area contributed by atoms with E-state index in [1.165, 1.54) is 53.7 Å². The molecule has 0 spiro atoms. The molecule has 0 saturated heterocycles. The Hall–Kier alpha value is -4.24. The second kappa shape index (κ2) is 12.3. The minimum atomic E-state index is -4.04. The largest absolute Gasteiger partial charge is 0.456 e. The molecule has 1 aliphatic heterocycles. The van der Waals surface area contributed by atoms with Gasteiger partial charge in [0, 0.05) is 24.2 Å². The van der Waals surface area contributed by atoms with Crippen molar-refractivity contribution in [3.63, 3.8) is 0 Å². The van der Waals surface area contributed by atoms with Crippen LogP contribution in [0.4, 0.5) is 11.4 Å².